The Balaban J connectivity index is 2.28. The molecule has 16 heavy (non-hydrogen) atoms. The average Bonchev–Trinajstić information content (AvgIpc) is 2.77. The molecule has 2 rings (SSSR count). The van der Waals surface area contributed by atoms with Crippen molar-refractivity contribution in [2.24, 2.45) is 0 Å². The van der Waals surface area contributed by atoms with Crippen LogP contribution in [0.25, 0.3) is 0 Å². The number of aromatic nitrogens is 1. The third-order valence-corrected chi connectivity index (χ3v) is 3.61. The van der Waals surface area contributed by atoms with Crippen LogP contribution in [0.4, 0.5) is 10.8 Å². The van der Waals surface area contributed by atoms with Crippen LogP contribution in [0.3, 0.4) is 0 Å². The van der Waals surface area contributed by atoms with E-state index in [0.717, 1.165) is 15.3 Å². The van der Waals surface area contributed by atoms with Crippen LogP contribution in [0.5, 0.6) is 0 Å². The first-order valence-electron chi connectivity index (χ1n) is 4.56. The molecular weight excluding hydrogens is 286 g/mol. The quantitative estimate of drug-likeness (QED) is 0.850. The van der Waals surface area contributed by atoms with Gasteiger partial charge in [0, 0.05) is 17.2 Å². The lowest BCUT2D eigenvalue weighted by Gasteiger charge is -2.15. The Morgan fingerprint density at radius 2 is 2.06 bits per heavy atom. The van der Waals surface area contributed by atoms with Crippen molar-refractivity contribution >= 4 is 38.1 Å². The SMILES string of the molecule is CN(c1ccc(Br)cc1)c1ncc(C#N)s1. The summed E-state index contributed by atoms with van der Waals surface area (Å²) in [4.78, 5) is 6.78. The smallest absolute Gasteiger partial charge is 0.190 e. The molecular formula is C11H8BrN3S. The molecule has 3 nitrogen and oxygen atoms in total. The van der Waals surface area contributed by atoms with E-state index in [1.807, 2.05) is 36.2 Å². The first kappa shape index (κ1) is 11.1. The summed E-state index contributed by atoms with van der Waals surface area (Å²) in [5.74, 6) is 0. The van der Waals surface area contributed by atoms with Gasteiger partial charge in [-0.15, -0.1) is 0 Å². The zero-order valence-electron chi connectivity index (χ0n) is 8.51. The van der Waals surface area contributed by atoms with Crippen LogP contribution in [0.1, 0.15) is 4.88 Å². The highest BCUT2D eigenvalue weighted by molar-refractivity contribution is 9.10. The Bertz CT molecular complexity index is 527. The summed E-state index contributed by atoms with van der Waals surface area (Å²) < 4.78 is 1.04. The highest BCUT2D eigenvalue weighted by atomic mass is 79.9. The summed E-state index contributed by atoms with van der Waals surface area (Å²) >= 11 is 4.77. The van der Waals surface area contributed by atoms with Gasteiger partial charge in [-0.25, -0.2) is 4.98 Å². The second-order valence-electron chi connectivity index (χ2n) is 3.15. The van der Waals surface area contributed by atoms with E-state index in [2.05, 4.69) is 27.0 Å². The maximum atomic E-state index is 8.74. The molecule has 1 heterocycles. The van der Waals surface area contributed by atoms with Crippen molar-refractivity contribution in [1.29, 1.82) is 5.26 Å². The summed E-state index contributed by atoms with van der Waals surface area (Å²) in [6.45, 7) is 0. The molecule has 1 aromatic heterocycles. The van der Waals surface area contributed by atoms with E-state index in [1.165, 1.54) is 11.3 Å². The molecule has 0 unspecified atom stereocenters. The summed E-state index contributed by atoms with van der Waals surface area (Å²) in [7, 11) is 1.93. The van der Waals surface area contributed by atoms with Gasteiger partial charge in [0.15, 0.2) is 5.13 Å². The van der Waals surface area contributed by atoms with Crippen LogP contribution < -0.4 is 4.90 Å². The van der Waals surface area contributed by atoms with E-state index in [-0.39, 0.29) is 0 Å². The molecule has 0 bridgehead atoms. The highest BCUT2D eigenvalue weighted by Gasteiger charge is 2.08. The molecule has 0 N–H and O–H groups in total. The molecule has 80 valence electrons. The monoisotopic (exact) mass is 293 g/mol. The van der Waals surface area contributed by atoms with Crippen molar-refractivity contribution < 1.29 is 0 Å². The molecule has 0 amide bonds. The largest absolute Gasteiger partial charge is 0.321 e. The lowest BCUT2D eigenvalue weighted by atomic mass is 10.3. The number of halogens is 1. The summed E-state index contributed by atoms with van der Waals surface area (Å²) in [6.07, 6.45) is 1.59. The van der Waals surface area contributed by atoms with Gasteiger partial charge < -0.3 is 4.90 Å². The van der Waals surface area contributed by atoms with Gasteiger partial charge in [-0.3, -0.25) is 0 Å². The third-order valence-electron chi connectivity index (χ3n) is 2.10. The molecule has 0 atom stereocenters. The van der Waals surface area contributed by atoms with Crippen molar-refractivity contribution in [3.8, 4) is 6.07 Å². The van der Waals surface area contributed by atoms with Crippen molar-refractivity contribution in [1.82, 2.24) is 4.98 Å². The normalized spacial score (nSPS) is 9.81. The van der Waals surface area contributed by atoms with Crippen LogP contribution in [0, 0.1) is 11.3 Å². The number of nitriles is 1. The maximum Gasteiger partial charge on any atom is 0.190 e. The second-order valence-corrected chi connectivity index (χ2v) is 5.08. The fraction of sp³-hybridized carbons (Fsp3) is 0.0909. The zero-order valence-corrected chi connectivity index (χ0v) is 10.9. The minimum atomic E-state index is 0.624. The van der Waals surface area contributed by atoms with Crippen LogP contribution in [0.15, 0.2) is 34.9 Å². The Morgan fingerprint density at radius 1 is 1.38 bits per heavy atom. The van der Waals surface area contributed by atoms with Gasteiger partial charge in [0.25, 0.3) is 0 Å². The lowest BCUT2D eigenvalue weighted by molar-refractivity contribution is 1.17. The van der Waals surface area contributed by atoms with E-state index >= 15 is 0 Å². The molecule has 1 aromatic carbocycles. The first-order valence-corrected chi connectivity index (χ1v) is 6.17. The predicted molar refractivity (Wildman–Crippen MR) is 69.0 cm³/mol. The second kappa shape index (κ2) is 4.64. The summed E-state index contributed by atoms with van der Waals surface area (Å²) in [5.41, 5.74) is 1.04. The molecule has 0 aliphatic heterocycles. The number of hydrogen-bond donors (Lipinski definition) is 0. The topological polar surface area (TPSA) is 39.9 Å². The van der Waals surface area contributed by atoms with E-state index in [4.69, 9.17) is 5.26 Å². The van der Waals surface area contributed by atoms with Gasteiger partial charge >= 0.3 is 0 Å². The van der Waals surface area contributed by atoms with Crippen LogP contribution in [-0.4, -0.2) is 12.0 Å². The molecule has 0 spiro atoms. The van der Waals surface area contributed by atoms with Gasteiger partial charge in [0.2, 0.25) is 0 Å². The molecule has 5 heteroatoms. The van der Waals surface area contributed by atoms with E-state index < -0.39 is 0 Å². The van der Waals surface area contributed by atoms with Gasteiger partial charge in [-0.1, -0.05) is 27.3 Å². The number of rotatable bonds is 2. The molecule has 0 fully saturated rings. The minimum Gasteiger partial charge on any atom is -0.321 e. The standard InChI is InChI=1S/C11H8BrN3S/c1-15(9-4-2-8(12)3-5-9)11-14-7-10(6-13)16-11/h2-5,7H,1H3. The summed E-state index contributed by atoms with van der Waals surface area (Å²) in [6, 6.07) is 10.0. The Kier molecular flexibility index (Phi) is 3.22. The molecule has 2 aromatic rings. The minimum absolute atomic E-state index is 0.624. The van der Waals surface area contributed by atoms with Gasteiger partial charge in [0.1, 0.15) is 10.9 Å². The number of benzene rings is 1. The zero-order chi connectivity index (χ0) is 11.5. The third kappa shape index (κ3) is 2.23. The van der Waals surface area contributed by atoms with E-state index in [9.17, 15) is 0 Å². The Morgan fingerprint density at radius 3 is 2.62 bits per heavy atom. The van der Waals surface area contributed by atoms with E-state index in [1.54, 1.807) is 6.20 Å². The molecule has 0 aliphatic rings. The van der Waals surface area contributed by atoms with Crippen molar-refractivity contribution in [3.05, 3.63) is 39.8 Å². The lowest BCUT2D eigenvalue weighted by Crippen LogP contribution is -2.08. The predicted octanol–water partition coefficient (Wildman–Crippen LogP) is 3.55. The van der Waals surface area contributed by atoms with Crippen molar-refractivity contribution in [2.75, 3.05) is 11.9 Å². The fourth-order valence-electron chi connectivity index (χ4n) is 1.25. The van der Waals surface area contributed by atoms with Gasteiger partial charge in [0.05, 0.1) is 6.20 Å². The first-order chi connectivity index (χ1) is 7.70. The van der Waals surface area contributed by atoms with Crippen molar-refractivity contribution in [2.45, 2.75) is 0 Å². The number of thiazole rings is 1. The molecule has 0 radical (unpaired) electrons. The van der Waals surface area contributed by atoms with Crippen molar-refractivity contribution in [3.63, 3.8) is 0 Å². The van der Waals surface area contributed by atoms with Gasteiger partial charge in [-0.2, -0.15) is 5.26 Å². The molecule has 0 aliphatic carbocycles. The summed E-state index contributed by atoms with van der Waals surface area (Å²) in [5, 5.41) is 9.55. The Hall–Kier alpha value is -1.38. The average molecular weight is 294 g/mol. The van der Waals surface area contributed by atoms with Crippen LogP contribution in [-0.2, 0) is 0 Å². The van der Waals surface area contributed by atoms with E-state index in [0.29, 0.717) is 4.88 Å². The molecule has 0 saturated heterocycles. The number of nitrogens with zero attached hydrogens (tertiary/aromatic N) is 3. The Labute approximate surface area is 106 Å². The fourth-order valence-corrected chi connectivity index (χ4v) is 2.21. The van der Waals surface area contributed by atoms with Gasteiger partial charge in [-0.05, 0) is 24.3 Å². The molecule has 0 saturated carbocycles. The highest BCUT2D eigenvalue weighted by Crippen LogP contribution is 2.28. The van der Waals surface area contributed by atoms with Crippen LogP contribution >= 0.6 is 27.3 Å². The van der Waals surface area contributed by atoms with Crippen LogP contribution in [0.2, 0.25) is 0 Å². The number of anilines is 2. The maximum absolute atomic E-state index is 8.74. The number of hydrogen-bond acceptors (Lipinski definition) is 4.